The van der Waals surface area contributed by atoms with Gasteiger partial charge in [-0.25, -0.2) is 0 Å². The minimum Gasteiger partial charge on any atom is -0.396 e. The van der Waals surface area contributed by atoms with E-state index >= 15 is 0 Å². The van der Waals surface area contributed by atoms with E-state index in [1.54, 1.807) is 6.07 Å². The second kappa shape index (κ2) is 6.28. The molecule has 0 aliphatic heterocycles. The molecule has 1 aliphatic rings. The van der Waals surface area contributed by atoms with Crippen LogP contribution in [0.4, 0.5) is 13.2 Å². The van der Waals surface area contributed by atoms with Crippen LogP contribution in [0.5, 0.6) is 0 Å². The fourth-order valence-electron chi connectivity index (χ4n) is 2.62. The van der Waals surface area contributed by atoms with Crippen molar-refractivity contribution in [3.8, 4) is 0 Å². The molecule has 1 amide bonds. The van der Waals surface area contributed by atoms with Crippen molar-refractivity contribution in [2.45, 2.75) is 50.2 Å². The molecule has 1 aliphatic carbocycles. The highest BCUT2D eigenvalue weighted by molar-refractivity contribution is 5.91. The van der Waals surface area contributed by atoms with Gasteiger partial charge in [0.25, 0.3) is 0 Å². The van der Waals surface area contributed by atoms with Crippen LogP contribution in [0.3, 0.4) is 0 Å². The van der Waals surface area contributed by atoms with Crippen LogP contribution in [-0.4, -0.2) is 23.7 Å². The third-order valence-corrected chi connectivity index (χ3v) is 4.23. The van der Waals surface area contributed by atoms with Crippen molar-refractivity contribution in [3.05, 3.63) is 35.4 Å². The first-order chi connectivity index (χ1) is 10.3. The molecule has 0 heterocycles. The second-order valence-electron chi connectivity index (χ2n) is 5.75. The summed E-state index contributed by atoms with van der Waals surface area (Å²) in [7, 11) is 0. The predicted molar refractivity (Wildman–Crippen MR) is 76.3 cm³/mol. The highest BCUT2D eigenvalue weighted by atomic mass is 19.4. The second-order valence-corrected chi connectivity index (χ2v) is 5.75. The van der Waals surface area contributed by atoms with Gasteiger partial charge in [-0.05, 0) is 37.3 Å². The fraction of sp³-hybridized carbons (Fsp3) is 0.562. The van der Waals surface area contributed by atoms with Crippen LogP contribution in [0.1, 0.15) is 43.7 Å². The number of alkyl halides is 3. The van der Waals surface area contributed by atoms with E-state index in [1.165, 1.54) is 6.07 Å². The number of halogens is 3. The number of aliphatic hydroxyl groups excluding tert-OH is 1. The molecule has 1 saturated carbocycles. The average molecular weight is 315 g/mol. The van der Waals surface area contributed by atoms with Gasteiger partial charge in [0.05, 0.1) is 11.0 Å². The van der Waals surface area contributed by atoms with Crippen molar-refractivity contribution in [2.24, 2.45) is 0 Å². The van der Waals surface area contributed by atoms with E-state index in [0.29, 0.717) is 31.2 Å². The van der Waals surface area contributed by atoms with Crippen molar-refractivity contribution >= 4 is 5.91 Å². The van der Waals surface area contributed by atoms with Crippen LogP contribution in [0.25, 0.3) is 0 Å². The summed E-state index contributed by atoms with van der Waals surface area (Å²) in [6, 6.07) is 4.85. The smallest absolute Gasteiger partial charge is 0.396 e. The molecule has 22 heavy (non-hydrogen) atoms. The predicted octanol–water partition coefficient (Wildman–Crippen LogP) is 3.01. The summed E-state index contributed by atoms with van der Waals surface area (Å²) >= 11 is 0. The summed E-state index contributed by atoms with van der Waals surface area (Å²) in [5.41, 5.74) is -1.16. The van der Waals surface area contributed by atoms with E-state index in [4.69, 9.17) is 5.11 Å². The van der Waals surface area contributed by atoms with E-state index in [-0.39, 0.29) is 18.6 Å². The van der Waals surface area contributed by atoms with Crippen molar-refractivity contribution in [1.29, 1.82) is 0 Å². The number of amides is 1. The quantitative estimate of drug-likeness (QED) is 0.848. The highest BCUT2D eigenvalue weighted by Gasteiger charge is 2.52. The number of carbonyl (C=O) groups excluding carboxylic acids is 1. The van der Waals surface area contributed by atoms with Crippen molar-refractivity contribution in [3.63, 3.8) is 0 Å². The number of carbonyl (C=O) groups is 1. The first-order valence-corrected chi connectivity index (χ1v) is 7.43. The lowest BCUT2D eigenvalue weighted by atomic mass is 9.92. The van der Waals surface area contributed by atoms with Crippen molar-refractivity contribution < 1.29 is 23.1 Å². The summed E-state index contributed by atoms with van der Waals surface area (Å²) in [4.78, 5) is 12.5. The Hall–Kier alpha value is -1.56. The molecular weight excluding hydrogens is 295 g/mol. The maximum absolute atomic E-state index is 12.8. The van der Waals surface area contributed by atoms with E-state index < -0.39 is 17.2 Å². The summed E-state index contributed by atoms with van der Waals surface area (Å²) < 4.78 is 38.4. The molecule has 1 unspecified atom stereocenters. The Morgan fingerprint density at radius 3 is 2.59 bits per heavy atom. The number of nitrogens with one attached hydrogen (secondary N) is 1. The van der Waals surface area contributed by atoms with Gasteiger partial charge < -0.3 is 10.4 Å². The van der Waals surface area contributed by atoms with Crippen LogP contribution in [0, 0.1) is 0 Å². The van der Waals surface area contributed by atoms with Gasteiger partial charge in [-0.3, -0.25) is 4.79 Å². The summed E-state index contributed by atoms with van der Waals surface area (Å²) in [6.07, 6.45) is -2.19. The van der Waals surface area contributed by atoms with Crippen molar-refractivity contribution in [1.82, 2.24) is 5.32 Å². The van der Waals surface area contributed by atoms with E-state index in [0.717, 1.165) is 12.1 Å². The molecule has 0 saturated heterocycles. The molecule has 2 N–H and O–H groups in total. The standard InChI is InChI=1S/C16H20F3NO2/c1-2-13(6-9-21)20-14(22)15(7-8-15)11-4-3-5-12(10-11)16(17,18)19/h3-5,10,13,21H,2,6-9H2,1H3,(H,20,22). The third kappa shape index (κ3) is 3.43. The minimum absolute atomic E-state index is 0.0324. The van der Waals surface area contributed by atoms with E-state index in [9.17, 15) is 18.0 Å². The zero-order valence-corrected chi connectivity index (χ0v) is 12.4. The molecule has 0 radical (unpaired) electrons. The number of hydrogen-bond donors (Lipinski definition) is 2. The van der Waals surface area contributed by atoms with Crippen LogP contribution in [0.2, 0.25) is 0 Å². The molecule has 6 heteroatoms. The Morgan fingerprint density at radius 1 is 1.41 bits per heavy atom. The summed E-state index contributed by atoms with van der Waals surface area (Å²) in [6.45, 7) is 1.86. The minimum atomic E-state index is -4.41. The van der Waals surface area contributed by atoms with Gasteiger partial charge in [0.1, 0.15) is 0 Å². The zero-order valence-electron chi connectivity index (χ0n) is 12.4. The molecule has 1 aromatic rings. The maximum Gasteiger partial charge on any atom is 0.416 e. The number of aliphatic hydroxyl groups is 1. The van der Waals surface area contributed by atoms with Crippen LogP contribution in [0.15, 0.2) is 24.3 Å². The topological polar surface area (TPSA) is 49.3 Å². The van der Waals surface area contributed by atoms with Gasteiger partial charge in [0.15, 0.2) is 0 Å². The van der Waals surface area contributed by atoms with Gasteiger partial charge in [0, 0.05) is 12.6 Å². The number of benzene rings is 1. The summed E-state index contributed by atoms with van der Waals surface area (Å²) in [5.74, 6) is -0.243. The molecule has 3 nitrogen and oxygen atoms in total. The average Bonchev–Trinajstić information content (AvgIpc) is 3.27. The van der Waals surface area contributed by atoms with Crippen molar-refractivity contribution in [2.75, 3.05) is 6.61 Å². The number of rotatable bonds is 6. The Balaban J connectivity index is 2.19. The molecule has 1 atom stereocenters. The zero-order chi connectivity index (χ0) is 16.4. The van der Waals surface area contributed by atoms with Crippen LogP contribution in [-0.2, 0) is 16.4 Å². The molecule has 0 aromatic heterocycles. The first-order valence-electron chi connectivity index (χ1n) is 7.43. The third-order valence-electron chi connectivity index (χ3n) is 4.23. The molecule has 2 rings (SSSR count). The van der Waals surface area contributed by atoms with E-state index in [1.807, 2.05) is 6.92 Å². The highest BCUT2D eigenvalue weighted by Crippen LogP contribution is 2.49. The Bertz CT molecular complexity index is 538. The van der Waals surface area contributed by atoms with Gasteiger partial charge in [-0.15, -0.1) is 0 Å². The molecule has 0 bridgehead atoms. The molecule has 1 aromatic carbocycles. The molecule has 122 valence electrons. The molecule has 1 fully saturated rings. The molecule has 0 spiro atoms. The Labute approximate surface area is 127 Å². The SMILES string of the molecule is CCC(CCO)NC(=O)C1(c2cccc(C(F)(F)F)c2)CC1. The first kappa shape index (κ1) is 16.8. The molecular formula is C16H20F3NO2. The normalized spacial score (nSPS) is 17.9. The van der Waals surface area contributed by atoms with Crippen LogP contribution < -0.4 is 5.32 Å². The monoisotopic (exact) mass is 315 g/mol. The van der Waals surface area contributed by atoms with Gasteiger partial charge in [-0.2, -0.15) is 13.2 Å². The lowest BCUT2D eigenvalue weighted by molar-refractivity contribution is -0.137. The largest absolute Gasteiger partial charge is 0.416 e. The Kier molecular flexibility index (Phi) is 4.80. The van der Waals surface area contributed by atoms with Gasteiger partial charge in [-0.1, -0.05) is 25.1 Å². The fourth-order valence-corrected chi connectivity index (χ4v) is 2.62. The van der Waals surface area contributed by atoms with E-state index in [2.05, 4.69) is 5.32 Å². The maximum atomic E-state index is 12.8. The van der Waals surface area contributed by atoms with Crippen LogP contribution >= 0.6 is 0 Å². The lowest BCUT2D eigenvalue weighted by Crippen LogP contribution is -2.41. The summed E-state index contributed by atoms with van der Waals surface area (Å²) in [5, 5.41) is 11.8. The Morgan fingerprint density at radius 2 is 2.09 bits per heavy atom. The number of hydrogen-bond acceptors (Lipinski definition) is 2. The lowest BCUT2D eigenvalue weighted by Gasteiger charge is -2.22. The van der Waals surface area contributed by atoms with Gasteiger partial charge in [0.2, 0.25) is 5.91 Å². The van der Waals surface area contributed by atoms with Gasteiger partial charge >= 0.3 is 6.18 Å².